The highest BCUT2D eigenvalue weighted by molar-refractivity contribution is 5.93. The molecule has 27 heavy (non-hydrogen) atoms. The second-order valence-electron chi connectivity index (χ2n) is 5.73. The number of rotatable bonds is 6. The summed E-state index contributed by atoms with van der Waals surface area (Å²) in [5, 5.41) is 2.69. The van der Waals surface area contributed by atoms with Crippen LogP contribution >= 0.6 is 0 Å². The van der Waals surface area contributed by atoms with E-state index in [1.165, 1.54) is 35.3 Å². The lowest BCUT2D eigenvalue weighted by molar-refractivity contribution is 0.0951. The number of hydrogen-bond donors (Lipinski definition) is 2. The Labute approximate surface area is 154 Å². The minimum absolute atomic E-state index is 0.214. The number of H-pyrrole nitrogens is 1. The quantitative estimate of drug-likeness (QED) is 0.678. The monoisotopic (exact) mass is 366 g/mol. The molecule has 0 bridgehead atoms. The lowest BCUT2D eigenvalue weighted by atomic mass is 10.1. The Bertz CT molecular complexity index is 1030. The molecule has 2 N–H and O–H groups in total. The topological polar surface area (TPSA) is 106 Å². The highest BCUT2D eigenvalue weighted by Gasteiger charge is 2.06. The van der Waals surface area contributed by atoms with Gasteiger partial charge in [0.15, 0.2) is 0 Å². The molecular weight excluding hydrogens is 348 g/mol. The molecule has 3 rings (SSSR count). The second kappa shape index (κ2) is 8.13. The summed E-state index contributed by atoms with van der Waals surface area (Å²) >= 11 is 0. The summed E-state index contributed by atoms with van der Waals surface area (Å²) in [5.41, 5.74) is 1.23. The third-order valence-electron chi connectivity index (χ3n) is 3.95. The Morgan fingerprint density at radius 3 is 2.59 bits per heavy atom. The van der Waals surface area contributed by atoms with Gasteiger partial charge >= 0.3 is 0 Å². The van der Waals surface area contributed by atoms with Crippen molar-refractivity contribution in [3.8, 4) is 17.0 Å². The molecule has 1 aromatic carbocycles. The van der Waals surface area contributed by atoms with Crippen LogP contribution in [0.1, 0.15) is 10.4 Å². The Balaban J connectivity index is 1.62. The zero-order chi connectivity index (χ0) is 19.2. The van der Waals surface area contributed by atoms with Crippen LogP contribution in [-0.4, -0.2) is 34.1 Å². The van der Waals surface area contributed by atoms with Crippen molar-refractivity contribution in [1.82, 2.24) is 19.9 Å². The number of aromatic amines is 1. The van der Waals surface area contributed by atoms with Gasteiger partial charge in [-0.15, -0.1) is 0 Å². The molecule has 0 saturated carbocycles. The molecule has 2 aromatic heterocycles. The van der Waals surface area contributed by atoms with E-state index < -0.39 is 0 Å². The third kappa shape index (κ3) is 4.49. The standard InChI is InChI=1S/C19H18N4O4/c1-27-15-5-2-13(3-6-15)16-10-18(25)23(12-22-16)9-8-20-19(26)14-4-7-17(24)21-11-14/h2-7,10-12H,8-9H2,1H3,(H,20,26)(H,21,24). The molecule has 8 nitrogen and oxygen atoms in total. The third-order valence-corrected chi connectivity index (χ3v) is 3.95. The highest BCUT2D eigenvalue weighted by Crippen LogP contribution is 2.19. The molecule has 0 saturated heterocycles. The Hall–Kier alpha value is -3.68. The number of methoxy groups -OCH3 is 1. The zero-order valence-electron chi connectivity index (χ0n) is 14.6. The molecule has 0 aliphatic carbocycles. The molecular formula is C19H18N4O4. The van der Waals surface area contributed by atoms with Crippen LogP contribution in [0, 0.1) is 0 Å². The number of hydrogen-bond acceptors (Lipinski definition) is 5. The van der Waals surface area contributed by atoms with Gasteiger partial charge < -0.3 is 15.0 Å². The SMILES string of the molecule is COc1ccc(-c2cc(=O)n(CCNC(=O)c3ccc(=O)[nH]c3)cn2)cc1. The summed E-state index contributed by atoms with van der Waals surface area (Å²) in [6.07, 6.45) is 2.79. The van der Waals surface area contributed by atoms with Gasteiger partial charge in [0.05, 0.1) is 24.7 Å². The van der Waals surface area contributed by atoms with Gasteiger partial charge in [-0.05, 0) is 30.3 Å². The van der Waals surface area contributed by atoms with Crippen molar-refractivity contribution in [2.45, 2.75) is 6.54 Å². The Kier molecular flexibility index (Phi) is 5.46. The normalized spacial score (nSPS) is 10.4. The van der Waals surface area contributed by atoms with Crippen LogP contribution < -0.4 is 21.2 Å². The van der Waals surface area contributed by atoms with Gasteiger partial charge in [0, 0.05) is 37.0 Å². The summed E-state index contributed by atoms with van der Waals surface area (Å²) in [6, 6.07) is 11.4. The maximum atomic E-state index is 12.3. The summed E-state index contributed by atoms with van der Waals surface area (Å²) < 4.78 is 6.53. The summed E-state index contributed by atoms with van der Waals surface area (Å²) in [7, 11) is 1.59. The van der Waals surface area contributed by atoms with E-state index >= 15 is 0 Å². The number of carbonyl (C=O) groups excluding carboxylic acids is 1. The van der Waals surface area contributed by atoms with Gasteiger partial charge in [-0.3, -0.25) is 19.0 Å². The fourth-order valence-corrected chi connectivity index (χ4v) is 2.46. The average molecular weight is 366 g/mol. The second-order valence-corrected chi connectivity index (χ2v) is 5.73. The van der Waals surface area contributed by atoms with Crippen LogP contribution in [-0.2, 0) is 6.54 Å². The minimum atomic E-state index is -0.331. The Morgan fingerprint density at radius 2 is 1.96 bits per heavy atom. The van der Waals surface area contributed by atoms with Gasteiger partial charge in [-0.2, -0.15) is 0 Å². The first-order chi connectivity index (χ1) is 13.1. The van der Waals surface area contributed by atoms with Crippen LogP contribution in [0.2, 0.25) is 0 Å². The first-order valence-corrected chi connectivity index (χ1v) is 8.24. The predicted octanol–water partition coefficient (Wildman–Crippen LogP) is 1.04. The largest absolute Gasteiger partial charge is 0.497 e. The van der Waals surface area contributed by atoms with Crippen molar-refractivity contribution in [3.63, 3.8) is 0 Å². The van der Waals surface area contributed by atoms with Gasteiger partial charge in [0.2, 0.25) is 5.56 Å². The van der Waals surface area contributed by atoms with E-state index in [2.05, 4.69) is 15.3 Å². The number of amides is 1. The van der Waals surface area contributed by atoms with E-state index in [0.29, 0.717) is 11.3 Å². The molecule has 0 radical (unpaired) electrons. The van der Waals surface area contributed by atoms with E-state index in [9.17, 15) is 14.4 Å². The van der Waals surface area contributed by atoms with Gasteiger partial charge in [-0.1, -0.05) is 0 Å². The van der Waals surface area contributed by atoms with Crippen LogP contribution in [0.15, 0.2) is 64.6 Å². The number of aromatic nitrogens is 3. The molecule has 1 amide bonds. The molecule has 3 aromatic rings. The predicted molar refractivity (Wildman–Crippen MR) is 99.9 cm³/mol. The van der Waals surface area contributed by atoms with E-state index in [-0.39, 0.29) is 30.1 Å². The lowest BCUT2D eigenvalue weighted by Crippen LogP contribution is -2.31. The van der Waals surface area contributed by atoms with Gasteiger partial charge in [0.1, 0.15) is 5.75 Å². The molecule has 0 aliphatic heterocycles. The van der Waals surface area contributed by atoms with E-state index in [1.54, 1.807) is 19.2 Å². The van der Waals surface area contributed by atoms with Gasteiger partial charge in [0.25, 0.3) is 11.5 Å². The van der Waals surface area contributed by atoms with Gasteiger partial charge in [-0.25, -0.2) is 4.98 Å². The maximum absolute atomic E-state index is 12.3. The van der Waals surface area contributed by atoms with Crippen molar-refractivity contribution in [1.29, 1.82) is 0 Å². The number of carbonyl (C=O) groups is 1. The fraction of sp³-hybridized carbons (Fsp3) is 0.158. The smallest absolute Gasteiger partial charge is 0.253 e. The van der Waals surface area contributed by atoms with Crippen LogP contribution in [0.4, 0.5) is 0 Å². The molecule has 0 aliphatic rings. The summed E-state index contributed by atoms with van der Waals surface area (Å²) in [4.78, 5) is 42.0. The van der Waals surface area contributed by atoms with Crippen LogP contribution in [0.25, 0.3) is 11.3 Å². The number of nitrogens with one attached hydrogen (secondary N) is 2. The van der Waals surface area contributed by atoms with Crippen molar-refractivity contribution >= 4 is 5.91 Å². The summed E-state index contributed by atoms with van der Waals surface area (Å²) in [6.45, 7) is 0.533. The van der Waals surface area contributed by atoms with Crippen LogP contribution in [0.5, 0.6) is 5.75 Å². The van der Waals surface area contributed by atoms with E-state index in [1.807, 2.05) is 12.1 Å². The molecule has 138 valence electrons. The number of ether oxygens (including phenoxy) is 1. The number of nitrogens with zero attached hydrogens (tertiary/aromatic N) is 2. The van der Waals surface area contributed by atoms with Crippen molar-refractivity contribution < 1.29 is 9.53 Å². The minimum Gasteiger partial charge on any atom is -0.497 e. The summed E-state index contributed by atoms with van der Waals surface area (Å²) in [5.74, 6) is 0.396. The van der Waals surface area contributed by atoms with E-state index in [4.69, 9.17) is 4.74 Å². The first-order valence-electron chi connectivity index (χ1n) is 8.24. The molecule has 0 spiro atoms. The van der Waals surface area contributed by atoms with Crippen LogP contribution in [0.3, 0.4) is 0 Å². The Morgan fingerprint density at radius 1 is 1.19 bits per heavy atom. The number of benzene rings is 1. The lowest BCUT2D eigenvalue weighted by Gasteiger charge is -2.08. The average Bonchev–Trinajstić information content (AvgIpc) is 2.69. The van der Waals surface area contributed by atoms with Crippen molar-refractivity contribution in [3.05, 3.63) is 81.3 Å². The molecule has 0 unspecified atom stereocenters. The zero-order valence-corrected chi connectivity index (χ0v) is 14.6. The highest BCUT2D eigenvalue weighted by atomic mass is 16.5. The van der Waals surface area contributed by atoms with E-state index in [0.717, 1.165) is 11.3 Å². The number of pyridine rings is 1. The maximum Gasteiger partial charge on any atom is 0.253 e. The fourth-order valence-electron chi connectivity index (χ4n) is 2.46. The molecule has 0 fully saturated rings. The first kappa shape index (κ1) is 18.1. The molecule has 0 atom stereocenters. The van der Waals surface area contributed by atoms with Crippen molar-refractivity contribution in [2.24, 2.45) is 0 Å². The van der Waals surface area contributed by atoms with Crippen molar-refractivity contribution in [2.75, 3.05) is 13.7 Å². The molecule has 2 heterocycles. The molecule has 8 heteroatoms.